The van der Waals surface area contributed by atoms with Gasteiger partial charge in [0.2, 0.25) is 0 Å². The number of hydrogen-bond donors (Lipinski definition) is 3. The van der Waals surface area contributed by atoms with E-state index in [1.165, 1.54) is 0 Å². The molecule has 0 saturated carbocycles. The quantitative estimate of drug-likeness (QED) is 0.127. The van der Waals surface area contributed by atoms with Crippen molar-refractivity contribution in [3.8, 4) is 0 Å². The molecule has 0 amide bonds. The monoisotopic (exact) mass is 277 g/mol. The zero-order valence-corrected chi connectivity index (χ0v) is 13.6. The molecule has 0 spiro atoms. The fourth-order valence-corrected chi connectivity index (χ4v) is 1.01. The number of nitrogens with zero attached hydrogens (tertiary/aromatic N) is 1. The third-order valence-electron chi connectivity index (χ3n) is 1.84. The van der Waals surface area contributed by atoms with Gasteiger partial charge in [0.25, 0.3) is 0 Å². The number of allylic oxidation sites excluding steroid dienone is 1. The smallest absolute Gasteiger partial charge is 0.859 e. The van der Waals surface area contributed by atoms with Crippen molar-refractivity contribution in [2.45, 2.75) is 13.3 Å². The Balaban J connectivity index is 0. The molecule has 0 saturated heterocycles. The molecule has 0 rings (SSSR count). The molecule has 0 fully saturated rings. The van der Waals surface area contributed by atoms with Gasteiger partial charge in [-0.25, -0.2) is 4.79 Å². The van der Waals surface area contributed by atoms with Crippen LogP contribution >= 0.6 is 0 Å². The summed E-state index contributed by atoms with van der Waals surface area (Å²) in [6, 6.07) is 0. The molecule has 0 unspecified atom stereocenters. The number of carboxylic acids is 1. The predicted octanol–water partition coefficient (Wildman–Crippen LogP) is -3.51. The molecule has 0 aromatic heterocycles. The first kappa shape index (κ1) is 20.5. The van der Waals surface area contributed by atoms with E-state index in [9.17, 15) is 9.90 Å². The average Bonchev–Trinajstić information content (AvgIpc) is 2.34. The molecule has 102 valence electrons. The molecule has 3 N–H and O–H groups in total. The standard InChI is InChI=1S/C12H21N3O3.Na/c1-2-3-6-13-7-8-14-9-10-15-11(16)4-5-12(17)18;/h3-6,13-14H,2,7-10H2,1H3,(H,15,16)(H,17,18);/q;+1/p-1/b5-4+,6-3+;. The SMILES string of the molecule is CC/C=C/NCCNCCN=C([O-])/C=C/C(=O)O.[Na+]. The molecular weight excluding hydrogens is 257 g/mol. The van der Waals surface area contributed by atoms with Crippen LogP contribution < -0.4 is 45.3 Å². The Morgan fingerprint density at radius 3 is 2.68 bits per heavy atom. The number of nitrogens with one attached hydrogen (secondary N) is 2. The van der Waals surface area contributed by atoms with Crippen LogP contribution in [-0.2, 0) is 4.79 Å². The third-order valence-corrected chi connectivity index (χ3v) is 1.84. The first-order chi connectivity index (χ1) is 8.66. The van der Waals surface area contributed by atoms with Crippen molar-refractivity contribution in [2.75, 3.05) is 26.2 Å². The first-order valence-electron chi connectivity index (χ1n) is 5.88. The van der Waals surface area contributed by atoms with Crippen molar-refractivity contribution in [3.05, 3.63) is 24.4 Å². The molecule has 0 heterocycles. The van der Waals surface area contributed by atoms with Gasteiger partial charge < -0.3 is 20.8 Å². The predicted molar refractivity (Wildman–Crippen MR) is 69.4 cm³/mol. The van der Waals surface area contributed by atoms with Gasteiger partial charge >= 0.3 is 35.5 Å². The summed E-state index contributed by atoms with van der Waals surface area (Å²) in [5.74, 6) is -1.67. The second-order valence-corrected chi connectivity index (χ2v) is 3.41. The van der Waals surface area contributed by atoms with E-state index in [0.717, 1.165) is 31.7 Å². The molecule has 19 heavy (non-hydrogen) atoms. The molecule has 7 heteroatoms. The fourth-order valence-electron chi connectivity index (χ4n) is 1.01. The van der Waals surface area contributed by atoms with Crippen molar-refractivity contribution in [1.29, 1.82) is 0 Å². The van der Waals surface area contributed by atoms with Crippen LogP contribution in [0.1, 0.15) is 13.3 Å². The van der Waals surface area contributed by atoms with Crippen LogP contribution in [0.2, 0.25) is 0 Å². The Bertz CT molecular complexity index is 317. The zero-order valence-electron chi connectivity index (χ0n) is 11.6. The summed E-state index contributed by atoms with van der Waals surface area (Å²) in [7, 11) is 0. The number of hydrogen-bond acceptors (Lipinski definition) is 5. The maximum atomic E-state index is 11.0. The van der Waals surface area contributed by atoms with Crippen LogP contribution in [-0.4, -0.2) is 43.2 Å². The minimum Gasteiger partial charge on any atom is -0.859 e. The van der Waals surface area contributed by atoms with E-state index in [4.69, 9.17) is 5.11 Å². The third kappa shape index (κ3) is 17.2. The maximum Gasteiger partial charge on any atom is 1.00 e. The van der Waals surface area contributed by atoms with E-state index < -0.39 is 11.9 Å². The van der Waals surface area contributed by atoms with Crippen molar-refractivity contribution < 1.29 is 44.6 Å². The summed E-state index contributed by atoms with van der Waals surface area (Å²) >= 11 is 0. The Labute approximate surface area is 136 Å². The summed E-state index contributed by atoms with van der Waals surface area (Å²) in [5, 5.41) is 25.5. The summed E-state index contributed by atoms with van der Waals surface area (Å²) in [6.07, 6.45) is 6.67. The largest absolute Gasteiger partial charge is 1.00 e. The van der Waals surface area contributed by atoms with E-state index in [1.807, 2.05) is 12.3 Å². The second kappa shape index (κ2) is 15.2. The van der Waals surface area contributed by atoms with Crippen LogP contribution in [0.15, 0.2) is 29.4 Å². The van der Waals surface area contributed by atoms with Crippen molar-refractivity contribution in [2.24, 2.45) is 4.99 Å². The zero-order chi connectivity index (χ0) is 13.6. The minimum atomic E-state index is -1.15. The molecule has 6 nitrogen and oxygen atoms in total. The van der Waals surface area contributed by atoms with Crippen molar-refractivity contribution in [1.82, 2.24) is 10.6 Å². The van der Waals surface area contributed by atoms with E-state index >= 15 is 0 Å². The molecule has 0 aliphatic carbocycles. The normalized spacial score (nSPS) is 11.7. The summed E-state index contributed by atoms with van der Waals surface area (Å²) in [6.45, 7) is 4.58. The Hall–Kier alpha value is -0.820. The van der Waals surface area contributed by atoms with Crippen LogP contribution in [0.5, 0.6) is 0 Å². The Morgan fingerprint density at radius 2 is 2.05 bits per heavy atom. The Morgan fingerprint density at radius 1 is 1.32 bits per heavy atom. The van der Waals surface area contributed by atoms with Gasteiger partial charge in [0.1, 0.15) is 0 Å². The van der Waals surface area contributed by atoms with E-state index in [2.05, 4.69) is 22.5 Å². The molecule has 0 aromatic rings. The van der Waals surface area contributed by atoms with Crippen molar-refractivity contribution >= 4 is 11.9 Å². The van der Waals surface area contributed by atoms with Gasteiger partial charge in [-0.05, 0) is 24.6 Å². The van der Waals surface area contributed by atoms with Gasteiger partial charge in [-0.1, -0.05) is 13.0 Å². The first-order valence-corrected chi connectivity index (χ1v) is 5.88. The number of aliphatic imine (C=N–C) groups is 1. The van der Waals surface area contributed by atoms with Gasteiger partial charge in [0.15, 0.2) is 0 Å². The number of carbonyl (C=O) groups is 1. The molecule has 0 aliphatic rings. The fraction of sp³-hybridized carbons (Fsp3) is 0.500. The van der Waals surface area contributed by atoms with Crippen molar-refractivity contribution in [3.63, 3.8) is 0 Å². The van der Waals surface area contributed by atoms with E-state index in [0.29, 0.717) is 13.1 Å². The number of aliphatic carboxylic acids is 1. The maximum absolute atomic E-state index is 11.0. The number of rotatable bonds is 10. The van der Waals surface area contributed by atoms with E-state index in [-0.39, 0.29) is 29.6 Å². The summed E-state index contributed by atoms with van der Waals surface area (Å²) in [5.41, 5.74) is 0. The molecule has 0 aromatic carbocycles. The topological polar surface area (TPSA) is 96.8 Å². The molecule has 0 radical (unpaired) electrons. The molecule has 0 aliphatic heterocycles. The average molecular weight is 277 g/mol. The van der Waals surface area contributed by atoms with Crippen LogP contribution in [0.4, 0.5) is 0 Å². The van der Waals surface area contributed by atoms with Gasteiger partial charge in [0, 0.05) is 25.7 Å². The van der Waals surface area contributed by atoms with Crippen LogP contribution in [0.25, 0.3) is 0 Å². The summed E-state index contributed by atoms with van der Waals surface area (Å²) < 4.78 is 0. The molecular formula is C12H20N3NaO3. The van der Waals surface area contributed by atoms with Gasteiger partial charge in [-0.3, -0.25) is 4.99 Å². The van der Waals surface area contributed by atoms with Crippen LogP contribution in [0, 0.1) is 0 Å². The minimum absolute atomic E-state index is 0. The van der Waals surface area contributed by atoms with Gasteiger partial charge in [0.05, 0.1) is 6.54 Å². The number of carboxylic acid groups (broad SMARTS) is 1. The Kier molecular flexibility index (Phi) is 16.4. The van der Waals surface area contributed by atoms with Gasteiger partial charge in [-0.2, -0.15) is 0 Å². The second-order valence-electron chi connectivity index (χ2n) is 3.41. The molecule has 0 atom stereocenters. The summed E-state index contributed by atoms with van der Waals surface area (Å²) in [4.78, 5) is 13.8. The van der Waals surface area contributed by atoms with Crippen LogP contribution in [0.3, 0.4) is 0 Å². The van der Waals surface area contributed by atoms with Gasteiger partial charge in [-0.15, -0.1) is 0 Å². The molecule has 0 bridgehead atoms. The van der Waals surface area contributed by atoms with E-state index in [1.54, 1.807) is 0 Å².